The predicted molar refractivity (Wildman–Crippen MR) is 92.8 cm³/mol. The average molecular weight is 337 g/mol. The summed E-state index contributed by atoms with van der Waals surface area (Å²) in [6.45, 7) is 0. The van der Waals surface area contributed by atoms with Crippen LogP contribution in [-0.4, -0.2) is 22.7 Å². The Bertz CT molecular complexity index is 774. The van der Waals surface area contributed by atoms with E-state index in [-0.39, 0.29) is 36.5 Å². The number of pyridine rings is 1. The summed E-state index contributed by atoms with van der Waals surface area (Å²) in [6.07, 6.45) is 3.18. The number of piperidine rings is 1. The van der Waals surface area contributed by atoms with Crippen molar-refractivity contribution in [3.8, 4) is 0 Å². The number of amides is 3. The highest BCUT2D eigenvalue weighted by Gasteiger charge is 2.26. The number of nitrogens with one attached hydrogen (secondary N) is 2. The Morgan fingerprint density at radius 1 is 1.12 bits per heavy atom. The molecule has 3 amide bonds. The van der Waals surface area contributed by atoms with E-state index in [2.05, 4.69) is 15.6 Å². The Morgan fingerprint density at radius 3 is 2.64 bits per heavy atom. The van der Waals surface area contributed by atoms with Crippen LogP contribution in [0, 0.1) is 0 Å². The molecule has 2 aromatic rings. The van der Waals surface area contributed by atoms with E-state index >= 15 is 0 Å². The summed E-state index contributed by atoms with van der Waals surface area (Å²) in [7, 11) is 0. The van der Waals surface area contributed by atoms with Gasteiger partial charge in [-0.3, -0.25) is 24.7 Å². The van der Waals surface area contributed by atoms with Gasteiger partial charge in [0.15, 0.2) is 0 Å². The van der Waals surface area contributed by atoms with Crippen LogP contribution in [0.15, 0.2) is 48.7 Å². The molecule has 0 spiro atoms. The molecule has 128 valence electrons. The molecule has 6 nitrogen and oxygen atoms in total. The molecule has 0 saturated carbocycles. The number of benzene rings is 1. The highest BCUT2D eigenvalue weighted by atomic mass is 16.2. The largest absolute Gasteiger partial charge is 0.326 e. The minimum Gasteiger partial charge on any atom is -0.326 e. The number of carbonyl (C=O) groups excluding carboxylic acids is 3. The van der Waals surface area contributed by atoms with Crippen molar-refractivity contribution in [2.24, 2.45) is 0 Å². The summed E-state index contributed by atoms with van der Waals surface area (Å²) in [6, 6.07) is 12.9. The normalized spacial score (nSPS) is 14.9. The molecule has 2 heterocycles. The standard InChI is InChI=1S/C19H19N3O3/c23-17(8-7-15-5-1-2-9-20-15)21-16-6-3-4-13(10-16)14-11-18(24)22-19(25)12-14/h1-6,9-10,14H,7-8,11-12H2,(H,21,23)(H,22,24,25). The Hall–Kier alpha value is -3.02. The lowest BCUT2D eigenvalue weighted by atomic mass is 9.89. The van der Waals surface area contributed by atoms with E-state index in [4.69, 9.17) is 0 Å². The molecule has 25 heavy (non-hydrogen) atoms. The van der Waals surface area contributed by atoms with E-state index in [0.717, 1.165) is 11.3 Å². The minimum absolute atomic E-state index is 0.0970. The molecule has 1 aliphatic heterocycles. The molecule has 3 rings (SSSR count). The van der Waals surface area contributed by atoms with Crippen molar-refractivity contribution in [1.29, 1.82) is 0 Å². The fourth-order valence-electron chi connectivity index (χ4n) is 2.89. The van der Waals surface area contributed by atoms with Crippen molar-refractivity contribution in [3.63, 3.8) is 0 Å². The lowest BCUT2D eigenvalue weighted by Gasteiger charge is -2.21. The van der Waals surface area contributed by atoms with Crippen LogP contribution < -0.4 is 10.6 Å². The number of imide groups is 1. The maximum atomic E-state index is 12.1. The van der Waals surface area contributed by atoms with Gasteiger partial charge in [0.25, 0.3) is 0 Å². The molecule has 0 aliphatic carbocycles. The van der Waals surface area contributed by atoms with Crippen molar-refractivity contribution in [3.05, 3.63) is 59.9 Å². The number of anilines is 1. The molecular formula is C19H19N3O3. The SMILES string of the molecule is O=C1CC(c2cccc(NC(=O)CCc3ccccn3)c2)CC(=O)N1. The third-order valence-corrected chi connectivity index (χ3v) is 4.12. The first kappa shape index (κ1) is 16.8. The summed E-state index contributed by atoms with van der Waals surface area (Å²) in [5.41, 5.74) is 2.42. The van der Waals surface area contributed by atoms with Gasteiger partial charge in [0, 0.05) is 42.8 Å². The van der Waals surface area contributed by atoms with E-state index in [1.165, 1.54) is 0 Å². The molecule has 1 aromatic carbocycles. The number of aryl methyl sites for hydroxylation is 1. The highest BCUT2D eigenvalue weighted by molar-refractivity contribution is 5.98. The zero-order valence-corrected chi connectivity index (χ0v) is 13.7. The lowest BCUT2D eigenvalue weighted by Crippen LogP contribution is -2.37. The van der Waals surface area contributed by atoms with Gasteiger partial charge in [-0.05, 0) is 36.2 Å². The molecule has 1 aromatic heterocycles. The lowest BCUT2D eigenvalue weighted by molar-refractivity contribution is -0.133. The fourth-order valence-corrected chi connectivity index (χ4v) is 2.89. The van der Waals surface area contributed by atoms with Crippen LogP contribution in [0.25, 0.3) is 0 Å². The third-order valence-electron chi connectivity index (χ3n) is 4.12. The summed E-state index contributed by atoms with van der Waals surface area (Å²) in [4.78, 5) is 39.4. The first-order valence-electron chi connectivity index (χ1n) is 8.22. The summed E-state index contributed by atoms with van der Waals surface area (Å²) in [5.74, 6) is -0.760. The second kappa shape index (κ2) is 7.70. The molecule has 1 fully saturated rings. The molecule has 1 saturated heterocycles. The van der Waals surface area contributed by atoms with E-state index in [0.29, 0.717) is 18.5 Å². The van der Waals surface area contributed by atoms with E-state index in [9.17, 15) is 14.4 Å². The van der Waals surface area contributed by atoms with Crippen molar-refractivity contribution >= 4 is 23.4 Å². The van der Waals surface area contributed by atoms with Crippen LogP contribution in [0.1, 0.15) is 36.4 Å². The number of carbonyl (C=O) groups is 3. The second-order valence-electron chi connectivity index (χ2n) is 6.07. The zero-order valence-electron chi connectivity index (χ0n) is 13.7. The predicted octanol–water partition coefficient (Wildman–Crippen LogP) is 2.17. The van der Waals surface area contributed by atoms with Gasteiger partial charge in [-0.2, -0.15) is 0 Å². The van der Waals surface area contributed by atoms with Crippen molar-refractivity contribution in [2.45, 2.75) is 31.6 Å². The quantitative estimate of drug-likeness (QED) is 0.819. The first-order chi connectivity index (χ1) is 12.1. The molecule has 1 aliphatic rings. The molecular weight excluding hydrogens is 318 g/mol. The fraction of sp³-hybridized carbons (Fsp3) is 0.263. The Balaban J connectivity index is 1.60. The maximum Gasteiger partial charge on any atom is 0.227 e. The van der Waals surface area contributed by atoms with Crippen LogP contribution in [-0.2, 0) is 20.8 Å². The smallest absolute Gasteiger partial charge is 0.227 e. The number of rotatable bonds is 5. The molecule has 0 atom stereocenters. The monoisotopic (exact) mass is 337 g/mol. The van der Waals surface area contributed by atoms with Crippen molar-refractivity contribution in [1.82, 2.24) is 10.3 Å². The number of hydrogen-bond donors (Lipinski definition) is 2. The van der Waals surface area contributed by atoms with Gasteiger partial charge in [0.05, 0.1) is 0 Å². The molecule has 6 heteroatoms. The number of nitrogens with zero attached hydrogens (tertiary/aromatic N) is 1. The summed E-state index contributed by atoms with van der Waals surface area (Å²) < 4.78 is 0. The van der Waals surface area contributed by atoms with Gasteiger partial charge in [0.1, 0.15) is 0 Å². The Morgan fingerprint density at radius 2 is 1.92 bits per heavy atom. The zero-order chi connectivity index (χ0) is 17.6. The second-order valence-corrected chi connectivity index (χ2v) is 6.07. The molecule has 0 bridgehead atoms. The molecule has 0 unspecified atom stereocenters. The van der Waals surface area contributed by atoms with Crippen LogP contribution in [0.2, 0.25) is 0 Å². The maximum absolute atomic E-state index is 12.1. The van der Waals surface area contributed by atoms with Crippen LogP contribution >= 0.6 is 0 Å². The molecule has 0 radical (unpaired) electrons. The minimum atomic E-state index is -0.258. The first-order valence-corrected chi connectivity index (χ1v) is 8.22. The summed E-state index contributed by atoms with van der Waals surface area (Å²) >= 11 is 0. The van der Waals surface area contributed by atoms with Gasteiger partial charge in [-0.15, -0.1) is 0 Å². The van der Waals surface area contributed by atoms with Gasteiger partial charge < -0.3 is 5.32 Å². The Kier molecular flexibility index (Phi) is 5.18. The topological polar surface area (TPSA) is 88.2 Å². The summed E-state index contributed by atoms with van der Waals surface area (Å²) in [5, 5.41) is 5.17. The average Bonchev–Trinajstić information content (AvgIpc) is 2.60. The van der Waals surface area contributed by atoms with Gasteiger partial charge in [-0.25, -0.2) is 0 Å². The van der Waals surface area contributed by atoms with E-state index < -0.39 is 0 Å². The highest BCUT2D eigenvalue weighted by Crippen LogP contribution is 2.28. The number of aromatic nitrogens is 1. The third kappa shape index (κ3) is 4.73. The van der Waals surface area contributed by atoms with Crippen molar-refractivity contribution < 1.29 is 14.4 Å². The molecule has 2 N–H and O–H groups in total. The van der Waals surface area contributed by atoms with Crippen molar-refractivity contribution in [2.75, 3.05) is 5.32 Å². The Labute approximate surface area is 145 Å². The van der Waals surface area contributed by atoms with Gasteiger partial charge >= 0.3 is 0 Å². The van der Waals surface area contributed by atoms with Crippen LogP contribution in [0.5, 0.6) is 0 Å². The van der Waals surface area contributed by atoms with Gasteiger partial charge in [-0.1, -0.05) is 18.2 Å². The number of hydrogen-bond acceptors (Lipinski definition) is 4. The van der Waals surface area contributed by atoms with E-state index in [1.54, 1.807) is 12.3 Å². The van der Waals surface area contributed by atoms with E-state index in [1.807, 2.05) is 36.4 Å². The van der Waals surface area contributed by atoms with Gasteiger partial charge in [0.2, 0.25) is 17.7 Å². The van der Waals surface area contributed by atoms with Crippen LogP contribution in [0.3, 0.4) is 0 Å². The van der Waals surface area contributed by atoms with Crippen LogP contribution in [0.4, 0.5) is 5.69 Å².